The summed E-state index contributed by atoms with van der Waals surface area (Å²) < 4.78 is 5.73. The first-order valence-electron chi connectivity index (χ1n) is 10.6. The predicted molar refractivity (Wildman–Crippen MR) is 120 cm³/mol. The van der Waals surface area contributed by atoms with Gasteiger partial charge in [0.1, 0.15) is 5.76 Å². The second-order valence-corrected chi connectivity index (χ2v) is 8.85. The van der Waals surface area contributed by atoms with Crippen LogP contribution in [0.25, 0.3) is 5.76 Å². The molecule has 4 rings (SSSR count). The van der Waals surface area contributed by atoms with E-state index in [4.69, 9.17) is 16.3 Å². The number of ketones is 1. The van der Waals surface area contributed by atoms with Gasteiger partial charge in [0.15, 0.2) is 0 Å². The van der Waals surface area contributed by atoms with E-state index in [-0.39, 0.29) is 17.4 Å². The molecule has 2 saturated heterocycles. The van der Waals surface area contributed by atoms with Crippen molar-refractivity contribution < 1.29 is 19.4 Å². The Morgan fingerprint density at radius 1 is 1.13 bits per heavy atom. The summed E-state index contributed by atoms with van der Waals surface area (Å²) in [6.45, 7) is 5.20. The Hall–Kier alpha value is -2.63. The fourth-order valence-corrected chi connectivity index (χ4v) is 4.38. The molecule has 2 aliphatic heterocycles. The summed E-state index contributed by atoms with van der Waals surface area (Å²) >= 11 is 5.97. The van der Waals surface area contributed by atoms with Crippen LogP contribution in [0.4, 0.5) is 0 Å². The second-order valence-electron chi connectivity index (χ2n) is 8.41. The molecule has 0 saturated carbocycles. The number of aliphatic hydroxyl groups excluding tert-OH is 1. The maximum absolute atomic E-state index is 13.1. The molecule has 2 aromatic carbocycles. The molecular weight excluding hydrogens is 414 g/mol. The Bertz CT molecular complexity index is 1000. The van der Waals surface area contributed by atoms with Crippen LogP contribution in [0, 0.1) is 0 Å². The molecule has 0 bridgehead atoms. The number of carbonyl (C=O) groups is 2. The number of nitrogens with zero attached hydrogens (tertiary/aromatic N) is 1. The van der Waals surface area contributed by atoms with Crippen LogP contribution in [-0.2, 0) is 14.3 Å². The fourth-order valence-electron chi connectivity index (χ4n) is 4.25. The molecule has 0 aromatic heterocycles. The van der Waals surface area contributed by atoms with Crippen LogP contribution >= 0.6 is 11.6 Å². The van der Waals surface area contributed by atoms with Crippen LogP contribution in [0.15, 0.2) is 54.1 Å². The normalized spacial score (nSPS) is 23.2. The maximum atomic E-state index is 13.1. The Kier molecular flexibility index (Phi) is 6.17. The SMILES string of the molecule is CC(C)c1ccc([C@H]2/C(=C(\O)c3ccc(Cl)cc3)C(=O)C(=O)N2C[C@H]2CCCO2)cc1. The number of carbonyl (C=O) groups excluding carboxylic acids is 2. The number of Topliss-reactive ketones (excluding diaryl/α,β-unsaturated/α-hetero) is 1. The molecule has 31 heavy (non-hydrogen) atoms. The average Bonchev–Trinajstić information content (AvgIpc) is 3.36. The van der Waals surface area contributed by atoms with Gasteiger partial charge in [-0.15, -0.1) is 0 Å². The zero-order chi connectivity index (χ0) is 22.1. The standard InChI is InChI=1S/C25H26ClNO4/c1-15(2)16-5-7-17(8-6-16)22-21(23(28)18-9-11-19(26)12-10-18)24(29)25(30)27(22)14-20-4-3-13-31-20/h5-12,15,20,22,28H,3-4,13-14H2,1-2H3/b23-21+/t20-,22+/m1/s1. The van der Waals surface area contributed by atoms with Gasteiger partial charge in [-0.25, -0.2) is 0 Å². The minimum atomic E-state index is -0.677. The Balaban J connectivity index is 1.80. The summed E-state index contributed by atoms with van der Waals surface area (Å²) in [5.74, 6) is -1.11. The molecule has 2 heterocycles. The number of ether oxygens (including phenoxy) is 1. The smallest absolute Gasteiger partial charge is 0.295 e. The van der Waals surface area contributed by atoms with Gasteiger partial charge < -0.3 is 14.7 Å². The third-order valence-electron chi connectivity index (χ3n) is 6.00. The van der Waals surface area contributed by atoms with E-state index in [9.17, 15) is 14.7 Å². The average molecular weight is 440 g/mol. The van der Waals surface area contributed by atoms with Gasteiger partial charge in [0.25, 0.3) is 11.7 Å². The molecule has 1 N–H and O–H groups in total. The van der Waals surface area contributed by atoms with E-state index in [1.165, 1.54) is 0 Å². The molecule has 0 spiro atoms. The summed E-state index contributed by atoms with van der Waals surface area (Å²) in [7, 11) is 0. The largest absolute Gasteiger partial charge is 0.507 e. The van der Waals surface area contributed by atoms with Gasteiger partial charge in [-0.2, -0.15) is 0 Å². The highest BCUT2D eigenvalue weighted by atomic mass is 35.5. The van der Waals surface area contributed by atoms with E-state index in [1.807, 2.05) is 24.3 Å². The molecular formula is C25H26ClNO4. The molecule has 2 fully saturated rings. The van der Waals surface area contributed by atoms with Gasteiger partial charge in [-0.1, -0.05) is 49.7 Å². The van der Waals surface area contributed by atoms with E-state index in [0.717, 1.165) is 24.0 Å². The highest BCUT2D eigenvalue weighted by Gasteiger charge is 2.47. The molecule has 0 radical (unpaired) electrons. The third kappa shape index (κ3) is 4.25. The molecule has 0 unspecified atom stereocenters. The van der Waals surface area contributed by atoms with Crippen molar-refractivity contribution in [3.05, 3.63) is 75.8 Å². The summed E-state index contributed by atoms with van der Waals surface area (Å²) in [6, 6.07) is 13.8. The number of rotatable bonds is 5. The Morgan fingerprint density at radius 3 is 2.39 bits per heavy atom. The number of benzene rings is 2. The lowest BCUT2D eigenvalue weighted by Crippen LogP contribution is -2.36. The van der Waals surface area contributed by atoms with Gasteiger partial charge >= 0.3 is 0 Å². The van der Waals surface area contributed by atoms with Crippen molar-refractivity contribution >= 4 is 29.1 Å². The first-order chi connectivity index (χ1) is 14.9. The van der Waals surface area contributed by atoms with Gasteiger partial charge in [0, 0.05) is 23.7 Å². The quantitative estimate of drug-likeness (QED) is 0.401. The summed E-state index contributed by atoms with van der Waals surface area (Å²) in [5, 5.41) is 11.6. The van der Waals surface area contributed by atoms with Crippen molar-refractivity contribution in [2.75, 3.05) is 13.2 Å². The number of halogens is 1. The molecule has 2 aromatic rings. The molecule has 6 heteroatoms. The van der Waals surface area contributed by atoms with Crippen molar-refractivity contribution in [2.45, 2.75) is 44.8 Å². The van der Waals surface area contributed by atoms with Gasteiger partial charge in [-0.05, 0) is 54.2 Å². The van der Waals surface area contributed by atoms with Crippen LogP contribution in [0.1, 0.15) is 55.3 Å². The van der Waals surface area contributed by atoms with E-state index in [2.05, 4.69) is 13.8 Å². The van der Waals surface area contributed by atoms with Gasteiger partial charge in [-0.3, -0.25) is 9.59 Å². The summed E-state index contributed by atoms with van der Waals surface area (Å²) in [4.78, 5) is 27.6. The summed E-state index contributed by atoms with van der Waals surface area (Å²) in [6.07, 6.45) is 1.68. The molecule has 1 amide bonds. The lowest BCUT2D eigenvalue weighted by Gasteiger charge is -2.27. The highest BCUT2D eigenvalue weighted by molar-refractivity contribution is 6.46. The minimum absolute atomic E-state index is 0.0996. The lowest BCUT2D eigenvalue weighted by molar-refractivity contribution is -0.140. The maximum Gasteiger partial charge on any atom is 0.295 e. The molecule has 5 nitrogen and oxygen atoms in total. The van der Waals surface area contributed by atoms with Gasteiger partial charge in [0.05, 0.1) is 17.7 Å². The second kappa shape index (κ2) is 8.85. The number of hydrogen-bond donors (Lipinski definition) is 1. The van der Waals surface area contributed by atoms with Crippen LogP contribution in [-0.4, -0.2) is 41.0 Å². The van der Waals surface area contributed by atoms with E-state index < -0.39 is 17.7 Å². The first kappa shape index (κ1) is 21.6. The Morgan fingerprint density at radius 2 is 1.81 bits per heavy atom. The molecule has 2 atom stereocenters. The lowest BCUT2D eigenvalue weighted by atomic mass is 9.93. The summed E-state index contributed by atoms with van der Waals surface area (Å²) in [5.41, 5.74) is 2.50. The Labute approximate surface area is 187 Å². The zero-order valence-corrected chi connectivity index (χ0v) is 18.4. The van der Waals surface area contributed by atoms with E-state index in [0.29, 0.717) is 29.7 Å². The van der Waals surface area contributed by atoms with Crippen molar-refractivity contribution in [1.29, 1.82) is 0 Å². The molecule has 162 valence electrons. The number of likely N-dealkylation sites (tertiary alicyclic amines) is 1. The van der Waals surface area contributed by atoms with Gasteiger partial charge in [0.2, 0.25) is 0 Å². The van der Waals surface area contributed by atoms with E-state index >= 15 is 0 Å². The topological polar surface area (TPSA) is 66.8 Å². The molecule has 0 aliphatic carbocycles. The number of amides is 1. The first-order valence-corrected chi connectivity index (χ1v) is 11.0. The van der Waals surface area contributed by atoms with Crippen molar-refractivity contribution in [1.82, 2.24) is 4.90 Å². The number of aliphatic hydroxyl groups is 1. The van der Waals surface area contributed by atoms with E-state index in [1.54, 1.807) is 29.2 Å². The minimum Gasteiger partial charge on any atom is -0.507 e. The molecule has 2 aliphatic rings. The fraction of sp³-hybridized carbons (Fsp3) is 0.360. The third-order valence-corrected chi connectivity index (χ3v) is 6.25. The van der Waals surface area contributed by atoms with Crippen LogP contribution in [0.5, 0.6) is 0 Å². The van der Waals surface area contributed by atoms with Crippen molar-refractivity contribution in [3.8, 4) is 0 Å². The number of hydrogen-bond acceptors (Lipinski definition) is 4. The zero-order valence-electron chi connectivity index (χ0n) is 17.7. The van der Waals surface area contributed by atoms with Crippen LogP contribution in [0.2, 0.25) is 5.02 Å². The predicted octanol–water partition coefficient (Wildman–Crippen LogP) is 5.06. The van der Waals surface area contributed by atoms with Crippen molar-refractivity contribution in [3.63, 3.8) is 0 Å². The highest BCUT2D eigenvalue weighted by Crippen LogP contribution is 2.40. The monoisotopic (exact) mass is 439 g/mol. The van der Waals surface area contributed by atoms with Crippen LogP contribution < -0.4 is 0 Å². The van der Waals surface area contributed by atoms with Crippen molar-refractivity contribution in [2.24, 2.45) is 0 Å². The van der Waals surface area contributed by atoms with Crippen LogP contribution in [0.3, 0.4) is 0 Å².